The van der Waals surface area contributed by atoms with Crippen molar-refractivity contribution in [3.63, 3.8) is 0 Å². The van der Waals surface area contributed by atoms with E-state index in [0.29, 0.717) is 30.2 Å². The van der Waals surface area contributed by atoms with Gasteiger partial charge in [0.2, 0.25) is 5.91 Å². The molecule has 1 saturated heterocycles. The number of hydrogen-bond acceptors (Lipinski definition) is 3. The van der Waals surface area contributed by atoms with Gasteiger partial charge in [-0.15, -0.1) is 0 Å². The molecule has 1 unspecified atom stereocenters. The van der Waals surface area contributed by atoms with E-state index in [4.69, 9.17) is 5.26 Å². The number of halogens is 1. The molecule has 0 bridgehead atoms. The lowest BCUT2D eigenvalue weighted by molar-refractivity contribution is -0.117. The molecular weight excluding hydrogens is 300 g/mol. The molecule has 3 nitrogen and oxygen atoms in total. The highest BCUT2D eigenvalue weighted by molar-refractivity contribution is 9.10. The van der Waals surface area contributed by atoms with Gasteiger partial charge in [-0.3, -0.25) is 4.79 Å². The minimum Gasteiger partial charge on any atom is -0.312 e. The SMILES string of the molecule is N#Cc1cc(Br)cc(N2CC(CS)CC2=O)c1. The summed E-state index contributed by atoms with van der Waals surface area (Å²) >= 11 is 7.58. The number of amides is 1. The van der Waals surface area contributed by atoms with E-state index >= 15 is 0 Å². The van der Waals surface area contributed by atoms with Gasteiger partial charge in [-0.05, 0) is 29.9 Å². The topological polar surface area (TPSA) is 44.1 Å². The van der Waals surface area contributed by atoms with E-state index < -0.39 is 0 Å². The van der Waals surface area contributed by atoms with Gasteiger partial charge >= 0.3 is 0 Å². The first-order valence-electron chi connectivity index (χ1n) is 5.26. The smallest absolute Gasteiger partial charge is 0.227 e. The molecule has 1 amide bonds. The third-order valence-electron chi connectivity index (χ3n) is 2.79. The molecule has 1 aromatic rings. The summed E-state index contributed by atoms with van der Waals surface area (Å²) in [5, 5.41) is 8.91. The Morgan fingerprint density at radius 3 is 2.88 bits per heavy atom. The lowest BCUT2D eigenvalue weighted by atomic mass is 10.1. The zero-order valence-corrected chi connectivity index (χ0v) is 11.5. The van der Waals surface area contributed by atoms with Crippen LogP contribution in [0.2, 0.25) is 0 Å². The summed E-state index contributed by atoms with van der Waals surface area (Å²) in [4.78, 5) is 13.6. The van der Waals surface area contributed by atoms with Crippen molar-refractivity contribution in [2.45, 2.75) is 6.42 Å². The van der Waals surface area contributed by atoms with Crippen molar-refractivity contribution in [2.24, 2.45) is 5.92 Å². The summed E-state index contributed by atoms with van der Waals surface area (Å²) in [6.07, 6.45) is 0.540. The zero-order chi connectivity index (χ0) is 12.4. The van der Waals surface area contributed by atoms with Gasteiger partial charge in [-0.1, -0.05) is 15.9 Å². The van der Waals surface area contributed by atoms with Gasteiger partial charge < -0.3 is 4.90 Å². The summed E-state index contributed by atoms with van der Waals surface area (Å²) in [7, 11) is 0. The van der Waals surface area contributed by atoms with Gasteiger partial charge in [0.15, 0.2) is 0 Å². The quantitative estimate of drug-likeness (QED) is 0.853. The third-order valence-corrected chi connectivity index (χ3v) is 3.76. The number of thiol groups is 1. The molecule has 1 heterocycles. The first-order chi connectivity index (χ1) is 8.13. The Morgan fingerprint density at radius 1 is 1.53 bits per heavy atom. The van der Waals surface area contributed by atoms with Crippen LogP contribution >= 0.6 is 28.6 Å². The second-order valence-electron chi connectivity index (χ2n) is 4.07. The Labute approximate surface area is 114 Å². The fraction of sp³-hybridized carbons (Fsp3) is 0.333. The Morgan fingerprint density at radius 2 is 2.29 bits per heavy atom. The lowest BCUT2D eigenvalue weighted by Gasteiger charge is -2.17. The molecule has 1 fully saturated rings. The first-order valence-corrected chi connectivity index (χ1v) is 6.68. The van der Waals surface area contributed by atoms with Crippen molar-refractivity contribution >= 4 is 40.2 Å². The maximum Gasteiger partial charge on any atom is 0.227 e. The number of anilines is 1. The van der Waals surface area contributed by atoms with Crippen LogP contribution in [0.4, 0.5) is 5.69 Å². The molecule has 2 rings (SSSR count). The Kier molecular flexibility index (Phi) is 3.75. The van der Waals surface area contributed by atoms with Crippen molar-refractivity contribution in [2.75, 3.05) is 17.2 Å². The predicted molar refractivity (Wildman–Crippen MR) is 73.2 cm³/mol. The van der Waals surface area contributed by atoms with Gasteiger partial charge in [0.1, 0.15) is 0 Å². The van der Waals surface area contributed by atoms with Crippen molar-refractivity contribution in [3.05, 3.63) is 28.2 Å². The molecule has 0 N–H and O–H groups in total. The van der Waals surface area contributed by atoms with E-state index in [0.717, 1.165) is 10.2 Å². The summed E-state index contributed by atoms with van der Waals surface area (Å²) in [6.45, 7) is 0.684. The molecule has 0 spiro atoms. The molecule has 17 heavy (non-hydrogen) atoms. The molecule has 1 aliphatic rings. The van der Waals surface area contributed by atoms with Crippen LogP contribution in [-0.2, 0) is 4.79 Å². The van der Waals surface area contributed by atoms with E-state index in [1.54, 1.807) is 17.0 Å². The highest BCUT2D eigenvalue weighted by Crippen LogP contribution is 2.28. The predicted octanol–water partition coefficient (Wildman–Crippen LogP) is 2.60. The number of carbonyl (C=O) groups is 1. The standard InChI is InChI=1S/C12H11BrN2OS/c13-10-1-8(5-14)2-11(4-10)15-6-9(7-17)3-12(15)16/h1-2,4,9,17H,3,6-7H2. The maximum atomic E-state index is 11.8. The molecule has 5 heteroatoms. The van der Waals surface area contributed by atoms with E-state index in [-0.39, 0.29) is 5.91 Å². The molecule has 1 atom stereocenters. The minimum absolute atomic E-state index is 0.103. The number of rotatable bonds is 2. The van der Waals surface area contributed by atoms with Crippen LogP contribution in [0, 0.1) is 17.2 Å². The van der Waals surface area contributed by atoms with Crippen LogP contribution in [0.5, 0.6) is 0 Å². The maximum absolute atomic E-state index is 11.8. The third kappa shape index (κ3) is 2.64. The van der Waals surface area contributed by atoms with Crippen LogP contribution in [0.25, 0.3) is 0 Å². The highest BCUT2D eigenvalue weighted by atomic mass is 79.9. The molecule has 0 aliphatic carbocycles. The van der Waals surface area contributed by atoms with E-state index in [2.05, 4.69) is 34.6 Å². The summed E-state index contributed by atoms with van der Waals surface area (Å²) in [6, 6.07) is 7.43. The normalized spacial score (nSPS) is 19.5. The Bertz CT molecular complexity index is 498. The van der Waals surface area contributed by atoms with E-state index in [1.165, 1.54) is 0 Å². The molecule has 88 valence electrons. The van der Waals surface area contributed by atoms with Gasteiger partial charge in [0.25, 0.3) is 0 Å². The number of carbonyl (C=O) groups excluding carboxylic acids is 1. The fourth-order valence-corrected chi connectivity index (χ4v) is 2.67. The summed E-state index contributed by atoms with van der Waals surface area (Å²) in [5.74, 6) is 1.11. The minimum atomic E-state index is 0.103. The molecule has 0 aromatic heterocycles. The lowest BCUT2D eigenvalue weighted by Crippen LogP contribution is -2.24. The van der Waals surface area contributed by atoms with Crippen molar-refractivity contribution in [1.29, 1.82) is 5.26 Å². The second kappa shape index (κ2) is 5.11. The monoisotopic (exact) mass is 310 g/mol. The van der Waals surface area contributed by atoms with Crippen molar-refractivity contribution in [3.8, 4) is 6.07 Å². The van der Waals surface area contributed by atoms with Crippen LogP contribution in [0.3, 0.4) is 0 Å². The van der Waals surface area contributed by atoms with Gasteiger partial charge in [0, 0.05) is 23.1 Å². The average molecular weight is 311 g/mol. The van der Waals surface area contributed by atoms with E-state index in [1.807, 2.05) is 6.07 Å². The average Bonchev–Trinajstić information content (AvgIpc) is 2.69. The highest BCUT2D eigenvalue weighted by Gasteiger charge is 2.29. The molecule has 0 saturated carbocycles. The molecular formula is C12H11BrN2OS. The van der Waals surface area contributed by atoms with Gasteiger partial charge in [-0.25, -0.2) is 0 Å². The number of nitriles is 1. The number of nitrogens with zero attached hydrogens (tertiary/aromatic N) is 2. The van der Waals surface area contributed by atoms with Crippen LogP contribution in [-0.4, -0.2) is 18.2 Å². The molecule has 1 aliphatic heterocycles. The second-order valence-corrected chi connectivity index (χ2v) is 5.35. The van der Waals surface area contributed by atoms with Gasteiger partial charge in [0.05, 0.1) is 11.6 Å². The summed E-state index contributed by atoms with van der Waals surface area (Å²) in [5.41, 5.74) is 1.33. The largest absolute Gasteiger partial charge is 0.312 e. The van der Waals surface area contributed by atoms with Crippen LogP contribution in [0.1, 0.15) is 12.0 Å². The van der Waals surface area contributed by atoms with Crippen molar-refractivity contribution < 1.29 is 4.79 Å². The molecule has 0 radical (unpaired) electrons. The Hall–Kier alpha value is -0.990. The first kappa shape index (κ1) is 12.5. The van der Waals surface area contributed by atoms with Crippen molar-refractivity contribution in [1.82, 2.24) is 0 Å². The summed E-state index contributed by atoms with van der Waals surface area (Å²) < 4.78 is 0.814. The van der Waals surface area contributed by atoms with Crippen LogP contribution in [0.15, 0.2) is 22.7 Å². The molecule has 1 aromatic carbocycles. The van der Waals surface area contributed by atoms with Gasteiger partial charge in [-0.2, -0.15) is 17.9 Å². The van der Waals surface area contributed by atoms with Crippen LogP contribution < -0.4 is 4.90 Å². The zero-order valence-electron chi connectivity index (χ0n) is 9.06. The number of benzene rings is 1. The van der Waals surface area contributed by atoms with E-state index in [9.17, 15) is 4.79 Å². The number of hydrogen-bond donors (Lipinski definition) is 1. The Balaban J connectivity index is 2.32. The fourth-order valence-electron chi connectivity index (χ4n) is 1.95.